The van der Waals surface area contributed by atoms with Gasteiger partial charge >= 0.3 is 0 Å². The van der Waals surface area contributed by atoms with E-state index in [9.17, 15) is 18.8 Å². The fraction of sp³-hybridized carbons (Fsp3) is 0.231. The summed E-state index contributed by atoms with van der Waals surface area (Å²) in [4.78, 5) is 23.0. The molecule has 0 bridgehead atoms. The van der Waals surface area contributed by atoms with Crippen molar-refractivity contribution in [2.45, 2.75) is 25.8 Å². The van der Waals surface area contributed by atoms with Crippen molar-refractivity contribution in [3.63, 3.8) is 0 Å². The van der Waals surface area contributed by atoms with E-state index in [0.29, 0.717) is 23.3 Å². The molecule has 0 amide bonds. The minimum atomic E-state index is -0.932. The summed E-state index contributed by atoms with van der Waals surface area (Å²) in [5, 5.41) is 13.1. The van der Waals surface area contributed by atoms with E-state index < -0.39 is 22.9 Å². The number of pyridine rings is 1. The molecule has 5 rings (SSSR count). The number of halogens is 2. The lowest BCUT2D eigenvalue weighted by molar-refractivity contribution is 0.359. The highest BCUT2D eigenvalue weighted by molar-refractivity contribution is 5.94. The third-order valence-corrected chi connectivity index (χ3v) is 6.15. The van der Waals surface area contributed by atoms with Gasteiger partial charge in [-0.1, -0.05) is 0 Å². The zero-order valence-corrected chi connectivity index (χ0v) is 19.1. The molecule has 35 heavy (non-hydrogen) atoms. The van der Waals surface area contributed by atoms with Crippen molar-refractivity contribution in [2.24, 2.45) is 0 Å². The Bertz CT molecular complexity index is 1550. The second-order valence-electron chi connectivity index (χ2n) is 8.42. The molecule has 176 valence electrons. The number of fused-ring (bicyclic) bond motifs is 1. The largest absolute Gasteiger partial charge is 0.491 e. The van der Waals surface area contributed by atoms with Crippen LogP contribution in [0.15, 0.2) is 47.4 Å². The first-order valence-corrected chi connectivity index (χ1v) is 11.1. The predicted molar refractivity (Wildman–Crippen MR) is 126 cm³/mol. The lowest BCUT2D eigenvalue weighted by Gasteiger charge is -2.20. The molecule has 0 radical (unpaired) electrons. The molecular formula is C26H21F2N5O2. The van der Waals surface area contributed by atoms with Crippen molar-refractivity contribution in [1.82, 2.24) is 19.9 Å². The molecule has 1 saturated heterocycles. The van der Waals surface area contributed by atoms with Gasteiger partial charge in [-0.25, -0.2) is 13.8 Å². The molecule has 7 nitrogen and oxygen atoms in total. The zero-order chi connectivity index (χ0) is 24.7. The van der Waals surface area contributed by atoms with Crippen molar-refractivity contribution in [3.05, 3.63) is 81.7 Å². The summed E-state index contributed by atoms with van der Waals surface area (Å²) in [6, 6.07) is 10.7. The number of methoxy groups -OCH3 is 1. The van der Waals surface area contributed by atoms with Crippen LogP contribution in [0, 0.1) is 29.9 Å². The quantitative estimate of drug-likeness (QED) is 0.474. The second kappa shape index (κ2) is 8.89. The maximum absolute atomic E-state index is 14.6. The van der Waals surface area contributed by atoms with E-state index in [0.717, 1.165) is 36.4 Å². The van der Waals surface area contributed by atoms with Crippen LogP contribution < -0.4 is 15.6 Å². The van der Waals surface area contributed by atoms with E-state index in [1.165, 1.54) is 17.7 Å². The van der Waals surface area contributed by atoms with Crippen LogP contribution in [0.25, 0.3) is 27.7 Å². The van der Waals surface area contributed by atoms with Crippen LogP contribution >= 0.6 is 0 Å². The monoisotopic (exact) mass is 473 g/mol. The van der Waals surface area contributed by atoms with Gasteiger partial charge in [-0.05, 0) is 56.1 Å². The Morgan fingerprint density at radius 3 is 2.60 bits per heavy atom. The molecular weight excluding hydrogens is 452 g/mol. The van der Waals surface area contributed by atoms with Gasteiger partial charge in [-0.3, -0.25) is 14.3 Å². The van der Waals surface area contributed by atoms with E-state index in [-0.39, 0.29) is 22.7 Å². The summed E-state index contributed by atoms with van der Waals surface area (Å²) >= 11 is 0. The maximum Gasteiger partial charge on any atom is 0.266 e. The summed E-state index contributed by atoms with van der Waals surface area (Å²) in [6.45, 7) is 2.58. The average Bonchev–Trinajstić information content (AvgIpc) is 3.38. The molecule has 1 atom stereocenters. The molecule has 1 unspecified atom stereocenters. The maximum atomic E-state index is 14.6. The van der Waals surface area contributed by atoms with Crippen molar-refractivity contribution in [1.29, 1.82) is 5.26 Å². The summed E-state index contributed by atoms with van der Waals surface area (Å²) in [5.41, 5.74) is 2.30. The first-order chi connectivity index (χ1) is 16.9. The Labute approximate surface area is 199 Å². The summed E-state index contributed by atoms with van der Waals surface area (Å²) in [5.74, 6) is -2.05. The van der Waals surface area contributed by atoms with Gasteiger partial charge in [0.15, 0.2) is 17.4 Å². The summed E-state index contributed by atoms with van der Waals surface area (Å²) in [6.07, 6.45) is 3.23. The van der Waals surface area contributed by atoms with Crippen LogP contribution in [0.5, 0.6) is 5.75 Å². The lowest BCUT2D eigenvalue weighted by Crippen LogP contribution is -2.29. The highest BCUT2D eigenvalue weighted by Gasteiger charge is 2.26. The number of benzene rings is 2. The van der Waals surface area contributed by atoms with Crippen LogP contribution in [0.3, 0.4) is 0 Å². The Kier molecular flexibility index (Phi) is 5.75. The zero-order valence-electron chi connectivity index (χ0n) is 19.1. The molecule has 9 heteroatoms. The van der Waals surface area contributed by atoms with E-state index in [1.54, 1.807) is 18.3 Å². The number of aryl methyl sites for hydroxylation is 1. The molecule has 1 aliphatic heterocycles. The highest BCUT2D eigenvalue weighted by Crippen LogP contribution is 2.32. The summed E-state index contributed by atoms with van der Waals surface area (Å²) in [7, 11) is 1.17. The number of aromatic nitrogens is 3. The van der Waals surface area contributed by atoms with Gasteiger partial charge in [0.2, 0.25) is 0 Å². The average molecular weight is 473 g/mol. The van der Waals surface area contributed by atoms with E-state index in [4.69, 9.17) is 9.72 Å². The van der Waals surface area contributed by atoms with Crippen LogP contribution in [0.1, 0.15) is 36.0 Å². The smallest absolute Gasteiger partial charge is 0.266 e. The third kappa shape index (κ3) is 3.92. The molecule has 1 aliphatic rings. The van der Waals surface area contributed by atoms with Crippen LogP contribution in [0.2, 0.25) is 0 Å². The molecule has 0 spiro atoms. The van der Waals surface area contributed by atoms with Crippen LogP contribution in [0.4, 0.5) is 8.78 Å². The van der Waals surface area contributed by atoms with Crippen molar-refractivity contribution >= 4 is 10.9 Å². The van der Waals surface area contributed by atoms with Gasteiger partial charge in [0.1, 0.15) is 5.82 Å². The van der Waals surface area contributed by atoms with Gasteiger partial charge in [-0.2, -0.15) is 5.26 Å². The topological polar surface area (TPSA) is 92.8 Å². The number of nitrogens with zero attached hydrogens (tertiary/aromatic N) is 4. The Morgan fingerprint density at radius 2 is 1.97 bits per heavy atom. The number of ether oxygens (including phenoxy) is 1. The Hall–Kier alpha value is -4.16. The number of nitrogens with one attached hydrogen (secondary N) is 1. The number of nitriles is 1. The molecule has 1 N–H and O–H groups in total. The molecule has 0 saturated carbocycles. The molecule has 1 fully saturated rings. The molecule has 3 heterocycles. The van der Waals surface area contributed by atoms with Crippen LogP contribution in [-0.2, 0) is 0 Å². The van der Waals surface area contributed by atoms with Gasteiger partial charge in [0.05, 0.1) is 41.4 Å². The SMILES string of the molecule is COc1c(F)cc(-n2c(C3CCCN3)nc3c(-c4ccnc(C)c4)cc(C#N)cc3c2=O)cc1F. The fourth-order valence-electron chi connectivity index (χ4n) is 4.56. The van der Waals surface area contributed by atoms with E-state index in [2.05, 4.69) is 16.4 Å². The number of hydrogen-bond acceptors (Lipinski definition) is 6. The van der Waals surface area contributed by atoms with Gasteiger partial charge in [0.25, 0.3) is 5.56 Å². The Morgan fingerprint density at radius 1 is 1.20 bits per heavy atom. The third-order valence-electron chi connectivity index (χ3n) is 6.15. The van der Waals surface area contributed by atoms with Crippen LogP contribution in [-0.4, -0.2) is 28.2 Å². The van der Waals surface area contributed by atoms with E-state index >= 15 is 0 Å². The Balaban J connectivity index is 1.88. The predicted octanol–water partition coefficient (Wildman–Crippen LogP) is 4.34. The van der Waals surface area contributed by atoms with Crippen molar-refractivity contribution in [3.8, 4) is 28.6 Å². The summed E-state index contributed by atoms with van der Waals surface area (Å²) < 4.78 is 35.3. The highest BCUT2D eigenvalue weighted by atomic mass is 19.1. The number of rotatable bonds is 4. The lowest BCUT2D eigenvalue weighted by atomic mass is 9.99. The molecule has 2 aromatic carbocycles. The van der Waals surface area contributed by atoms with Crippen molar-refractivity contribution in [2.75, 3.05) is 13.7 Å². The first-order valence-electron chi connectivity index (χ1n) is 11.1. The standard InChI is InChI=1S/C26H21F2N5O2/c1-14-8-16(5-7-30-14)18-9-15(13-29)10-19-23(18)32-25(22-4-3-6-31-22)33(26(19)34)17-11-20(27)24(35-2)21(28)12-17/h5,7-12,22,31H,3-4,6H2,1-2H3. The molecule has 2 aromatic heterocycles. The van der Waals surface area contributed by atoms with Gasteiger partial charge < -0.3 is 10.1 Å². The van der Waals surface area contributed by atoms with E-state index in [1.807, 2.05) is 13.0 Å². The minimum absolute atomic E-state index is 0.00688. The first kappa shape index (κ1) is 22.6. The second-order valence-corrected chi connectivity index (χ2v) is 8.42. The molecule has 4 aromatic rings. The fourth-order valence-corrected chi connectivity index (χ4v) is 4.56. The van der Waals surface area contributed by atoms with Gasteiger partial charge in [-0.15, -0.1) is 0 Å². The molecule has 0 aliphatic carbocycles. The van der Waals surface area contributed by atoms with Crippen molar-refractivity contribution < 1.29 is 13.5 Å². The number of hydrogen-bond donors (Lipinski definition) is 1. The minimum Gasteiger partial charge on any atom is -0.491 e. The normalized spacial score (nSPS) is 15.3. The van der Waals surface area contributed by atoms with Gasteiger partial charge in [0, 0.05) is 29.6 Å².